The van der Waals surface area contributed by atoms with Gasteiger partial charge in [0.25, 0.3) is 0 Å². The average Bonchev–Trinajstić information content (AvgIpc) is 2.23. The molecule has 15 heavy (non-hydrogen) atoms. The molecule has 1 fully saturated rings. The van der Waals surface area contributed by atoms with E-state index in [2.05, 4.69) is 18.5 Å². The fourth-order valence-electron chi connectivity index (χ4n) is 1.95. The number of hydrogen-bond acceptors (Lipinski definition) is 2. The van der Waals surface area contributed by atoms with E-state index in [1.807, 2.05) is 25.2 Å². The Labute approximate surface area is 92.6 Å². The van der Waals surface area contributed by atoms with E-state index in [4.69, 9.17) is 0 Å². The number of hydrogen-bond donors (Lipinski definition) is 1. The molecule has 0 unspecified atom stereocenters. The number of likely N-dealkylation sites (tertiary alicyclic amines) is 1. The van der Waals surface area contributed by atoms with Gasteiger partial charge in [0.15, 0.2) is 0 Å². The van der Waals surface area contributed by atoms with Crippen molar-refractivity contribution in [2.24, 2.45) is 0 Å². The van der Waals surface area contributed by atoms with E-state index in [-0.39, 0.29) is 0 Å². The zero-order valence-corrected chi connectivity index (χ0v) is 9.74. The summed E-state index contributed by atoms with van der Waals surface area (Å²) in [5.41, 5.74) is 0.320. The summed E-state index contributed by atoms with van der Waals surface area (Å²) >= 11 is 0. The Hall–Kier alpha value is -0.860. The molecule has 0 atom stereocenters. The maximum absolute atomic E-state index is 10.5. The highest BCUT2D eigenvalue weighted by molar-refractivity contribution is 5.32. The molecule has 2 heteroatoms. The zero-order valence-electron chi connectivity index (χ0n) is 9.74. The van der Waals surface area contributed by atoms with Crippen LogP contribution in [0.3, 0.4) is 0 Å². The maximum atomic E-state index is 10.5. The number of rotatable bonds is 3. The Balaban J connectivity index is 2.82. The molecule has 0 amide bonds. The van der Waals surface area contributed by atoms with E-state index >= 15 is 0 Å². The van der Waals surface area contributed by atoms with Crippen molar-refractivity contribution < 1.29 is 5.11 Å². The summed E-state index contributed by atoms with van der Waals surface area (Å²) in [6, 6.07) is 0. The molecule has 1 N–H and O–H groups in total. The van der Waals surface area contributed by atoms with Crippen molar-refractivity contribution in [2.75, 3.05) is 20.1 Å². The summed E-state index contributed by atoms with van der Waals surface area (Å²) in [6.45, 7) is 7.55. The molecular weight excluding hydrogens is 186 g/mol. The summed E-state index contributed by atoms with van der Waals surface area (Å²) in [6.07, 6.45) is 9.19. The zero-order chi connectivity index (χ0) is 11.3. The Morgan fingerprint density at radius 2 is 2.00 bits per heavy atom. The van der Waals surface area contributed by atoms with Crippen molar-refractivity contribution in [1.82, 2.24) is 4.90 Å². The van der Waals surface area contributed by atoms with E-state index in [0.717, 1.165) is 31.5 Å². The normalized spacial score (nSPS) is 23.3. The molecule has 0 aromatic carbocycles. The lowest BCUT2D eigenvalue weighted by Gasteiger charge is -2.37. The Morgan fingerprint density at radius 3 is 2.47 bits per heavy atom. The van der Waals surface area contributed by atoms with Crippen LogP contribution >= 0.6 is 0 Å². The summed E-state index contributed by atoms with van der Waals surface area (Å²) in [4.78, 5) is 2.25. The van der Waals surface area contributed by atoms with Gasteiger partial charge in [0.05, 0.1) is 5.60 Å². The first-order valence-corrected chi connectivity index (χ1v) is 5.49. The predicted octanol–water partition coefficient (Wildman–Crippen LogP) is 2.13. The fraction of sp³-hybridized carbons (Fsp3) is 0.538. The van der Waals surface area contributed by atoms with Crippen molar-refractivity contribution in [2.45, 2.75) is 25.4 Å². The van der Waals surface area contributed by atoms with E-state index in [1.54, 1.807) is 6.08 Å². The summed E-state index contributed by atoms with van der Waals surface area (Å²) in [5, 5.41) is 10.5. The van der Waals surface area contributed by atoms with Crippen LogP contribution in [0.5, 0.6) is 0 Å². The minimum Gasteiger partial charge on any atom is -0.385 e. The molecule has 0 aromatic heterocycles. The number of allylic oxidation sites excluding steroid dienone is 3. The van der Waals surface area contributed by atoms with E-state index in [1.165, 1.54) is 0 Å². The van der Waals surface area contributed by atoms with Crippen LogP contribution in [0.2, 0.25) is 0 Å². The topological polar surface area (TPSA) is 23.5 Å². The lowest BCUT2D eigenvalue weighted by Crippen LogP contribution is -2.43. The van der Waals surface area contributed by atoms with Crippen molar-refractivity contribution in [3.63, 3.8) is 0 Å². The smallest absolute Gasteiger partial charge is 0.0920 e. The molecule has 1 heterocycles. The highest BCUT2D eigenvalue weighted by atomic mass is 16.3. The molecule has 1 aliphatic heterocycles. The summed E-state index contributed by atoms with van der Waals surface area (Å²) in [7, 11) is 2.09. The summed E-state index contributed by atoms with van der Waals surface area (Å²) in [5.74, 6) is 0. The van der Waals surface area contributed by atoms with Gasteiger partial charge in [-0.25, -0.2) is 0 Å². The third-order valence-electron chi connectivity index (χ3n) is 3.00. The minimum absolute atomic E-state index is 0.660. The first-order chi connectivity index (χ1) is 7.12. The number of aliphatic hydroxyl groups is 1. The van der Waals surface area contributed by atoms with Gasteiger partial charge in [-0.15, -0.1) is 0 Å². The molecule has 84 valence electrons. The van der Waals surface area contributed by atoms with Gasteiger partial charge in [0.1, 0.15) is 0 Å². The van der Waals surface area contributed by atoms with Gasteiger partial charge in [-0.2, -0.15) is 0 Å². The molecule has 0 aromatic rings. The SMILES string of the molecule is C=C/C=C(\C=C/C)C1(O)CCN(C)CC1. The minimum atomic E-state index is -0.660. The van der Waals surface area contributed by atoms with Gasteiger partial charge in [-0.05, 0) is 32.4 Å². The highest BCUT2D eigenvalue weighted by Gasteiger charge is 2.33. The van der Waals surface area contributed by atoms with Gasteiger partial charge in [0, 0.05) is 13.1 Å². The van der Waals surface area contributed by atoms with Crippen LogP contribution in [0.25, 0.3) is 0 Å². The largest absolute Gasteiger partial charge is 0.385 e. The molecule has 1 saturated heterocycles. The Morgan fingerprint density at radius 1 is 1.40 bits per heavy atom. The van der Waals surface area contributed by atoms with Crippen LogP contribution < -0.4 is 0 Å². The van der Waals surface area contributed by atoms with Gasteiger partial charge in [-0.1, -0.05) is 30.9 Å². The van der Waals surface area contributed by atoms with Gasteiger partial charge >= 0.3 is 0 Å². The van der Waals surface area contributed by atoms with Crippen LogP contribution in [-0.2, 0) is 0 Å². The standard InChI is InChI=1S/C13H21NO/c1-4-6-12(7-5-2)13(15)8-10-14(3)11-9-13/h4-7,15H,1,8-11H2,2-3H3/b7-5-,12-6+. The predicted molar refractivity (Wildman–Crippen MR) is 64.8 cm³/mol. The molecule has 1 rings (SSSR count). The molecule has 2 nitrogen and oxygen atoms in total. The highest BCUT2D eigenvalue weighted by Crippen LogP contribution is 2.30. The number of piperidine rings is 1. The second-order valence-corrected chi connectivity index (χ2v) is 4.19. The third-order valence-corrected chi connectivity index (χ3v) is 3.00. The quantitative estimate of drug-likeness (QED) is 0.717. The lowest BCUT2D eigenvalue weighted by atomic mass is 9.83. The lowest BCUT2D eigenvalue weighted by molar-refractivity contribution is 0.0192. The first kappa shape index (κ1) is 12.2. The van der Waals surface area contributed by atoms with Crippen LogP contribution in [0.15, 0.2) is 36.5 Å². The molecule has 0 aliphatic carbocycles. The van der Waals surface area contributed by atoms with Gasteiger partial charge < -0.3 is 10.0 Å². The maximum Gasteiger partial charge on any atom is 0.0920 e. The molecular formula is C13H21NO. The van der Waals surface area contributed by atoms with Crippen LogP contribution in [0.4, 0.5) is 0 Å². The fourth-order valence-corrected chi connectivity index (χ4v) is 1.95. The average molecular weight is 207 g/mol. The van der Waals surface area contributed by atoms with E-state index in [0.29, 0.717) is 0 Å². The number of nitrogens with zero attached hydrogens (tertiary/aromatic N) is 1. The van der Waals surface area contributed by atoms with Gasteiger partial charge in [0.2, 0.25) is 0 Å². The molecule has 0 bridgehead atoms. The van der Waals surface area contributed by atoms with Crippen molar-refractivity contribution >= 4 is 0 Å². The van der Waals surface area contributed by atoms with Crippen molar-refractivity contribution in [3.05, 3.63) is 36.5 Å². The molecule has 1 aliphatic rings. The first-order valence-electron chi connectivity index (χ1n) is 5.49. The second kappa shape index (κ2) is 5.29. The van der Waals surface area contributed by atoms with Gasteiger partial charge in [-0.3, -0.25) is 0 Å². The van der Waals surface area contributed by atoms with Crippen molar-refractivity contribution in [3.8, 4) is 0 Å². The van der Waals surface area contributed by atoms with Crippen LogP contribution in [0, 0.1) is 0 Å². The van der Waals surface area contributed by atoms with Crippen molar-refractivity contribution in [1.29, 1.82) is 0 Å². The molecule has 0 radical (unpaired) electrons. The third kappa shape index (κ3) is 3.05. The van der Waals surface area contributed by atoms with Crippen LogP contribution in [-0.4, -0.2) is 35.7 Å². The van der Waals surface area contributed by atoms with E-state index in [9.17, 15) is 5.11 Å². The Bertz CT molecular complexity index is 270. The summed E-state index contributed by atoms with van der Waals surface area (Å²) < 4.78 is 0. The monoisotopic (exact) mass is 207 g/mol. The van der Waals surface area contributed by atoms with E-state index < -0.39 is 5.60 Å². The second-order valence-electron chi connectivity index (χ2n) is 4.19. The Kier molecular flexibility index (Phi) is 4.30. The van der Waals surface area contributed by atoms with Crippen LogP contribution in [0.1, 0.15) is 19.8 Å². The molecule has 0 spiro atoms. The molecule has 0 saturated carbocycles.